The molecule has 0 unspecified atom stereocenters. The van der Waals surface area contributed by atoms with Gasteiger partial charge in [-0.3, -0.25) is 38.7 Å². The summed E-state index contributed by atoms with van der Waals surface area (Å²) in [7, 11) is 6.35. The number of amides is 6. The van der Waals surface area contributed by atoms with Gasteiger partial charge in [-0.05, 0) is 80.1 Å². The van der Waals surface area contributed by atoms with E-state index in [0.29, 0.717) is 81.3 Å². The molecule has 0 aliphatic carbocycles. The molecule has 20 heteroatoms. The highest BCUT2D eigenvalue weighted by Gasteiger charge is 2.37. The molecule has 1 atom stereocenters. The van der Waals surface area contributed by atoms with Crippen molar-refractivity contribution in [2.75, 3.05) is 41.5 Å². The van der Waals surface area contributed by atoms with Crippen LogP contribution in [0.15, 0.2) is 77.9 Å². The smallest absolute Gasteiger partial charge is 0.333 e. The molecule has 5 aromatic rings. The number of carbonyl (C=O) groups excluding carboxylic acids is 7. The maximum atomic E-state index is 13.7. The van der Waals surface area contributed by atoms with Gasteiger partial charge in [0, 0.05) is 90.7 Å². The van der Waals surface area contributed by atoms with Crippen molar-refractivity contribution < 1.29 is 47.9 Å². The number of hydrogen-bond donors (Lipinski definition) is 3. The maximum absolute atomic E-state index is 13.7. The van der Waals surface area contributed by atoms with E-state index < -0.39 is 17.8 Å². The first-order chi connectivity index (χ1) is 32.7. The quantitative estimate of drug-likeness (QED) is 0.0411. The lowest BCUT2D eigenvalue weighted by molar-refractivity contribution is -0.197. The zero-order chi connectivity index (χ0) is 48.1. The molecule has 0 spiro atoms. The van der Waals surface area contributed by atoms with E-state index >= 15 is 0 Å². The third-order valence-electron chi connectivity index (χ3n) is 11.2. The number of imide groups is 1. The van der Waals surface area contributed by atoms with Crippen LogP contribution in [-0.4, -0.2) is 94.1 Å². The fourth-order valence-corrected chi connectivity index (χ4v) is 11.3. The average Bonchev–Trinajstić information content (AvgIpc) is 4.07. The third kappa shape index (κ3) is 11.0. The first-order valence-electron chi connectivity index (χ1n) is 21.9. The first kappa shape index (κ1) is 47.8. The Morgan fingerprint density at radius 3 is 2.49 bits per heavy atom. The molecule has 354 valence electrons. The normalized spacial score (nSPS) is 15.2. The summed E-state index contributed by atoms with van der Waals surface area (Å²) in [5, 5.41) is 10.1. The number of aryl methyl sites for hydroxylation is 1. The third-order valence-corrected chi connectivity index (χ3v) is 15.7. The van der Waals surface area contributed by atoms with Crippen molar-refractivity contribution in [1.29, 1.82) is 0 Å². The van der Waals surface area contributed by atoms with Crippen molar-refractivity contribution in [2.24, 2.45) is 12.0 Å². The van der Waals surface area contributed by atoms with Crippen LogP contribution < -0.4 is 30.3 Å². The van der Waals surface area contributed by atoms with Gasteiger partial charge in [-0.2, -0.15) is 0 Å². The number of hydrogen-bond acceptors (Lipinski definition) is 14. The van der Waals surface area contributed by atoms with Crippen LogP contribution in [-0.2, 0) is 37.5 Å². The Balaban J connectivity index is 0.767. The highest BCUT2D eigenvalue weighted by molar-refractivity contribution is 8.77. The molecular weight excluding hydrogens is 931 g/mol. The molecule has 2 aromatic heterocycles. The van der Waals surface area contributed by atoms with Crippen LogP contribution in [0.5, 0.6) is 11.5 Å². The number of benzene rings is 3. The number of aromatic nitrogens is 1. The van der Waals surface area contributed by atoms with Gasteiger partial charge in [-0.15, -0.1) is 16.4 Å². The van der Waals surface area contributed by atoms with E-state index in [0.717, 1.165) is 21.3 Å². The number of hydroxylamine groups is 2. The summed E-state index contributed by atoms with van der Waals surface area (Å²) in [6, 6.07) is 19.8. The van der Waals surface area contributed by atoms with Gasteiger partial charge in [-0.25, -0.2) is 4.79 Å². The Morgan fingerprint density at radius 1 is 0.897 bits per heavy atom. The van der Waals surface area contributed by atoms with Crippen LogP contribution >= 0.6 is 32.9 Å². The molecule has 3 aliphatic rings. The lowest BCUT2D eigenvalue weighted by atomic mass is 10.1. The number of carbonyl (C=O) groups is 7. The number of nitrogens with one attached hydrogen (secondary N) is 3. The highest BCUT2D eigenvalue weighted by atomic mass is 33.1. The number of methoxy groups -OCH3 is 1. The lowest BCUT2D eigenvalue weighted by Crippen LogP contribution is -2.37. The van der Waals surface area contributed by atoms with E-state index in [1.54, 1.807) is 86.9 Å². The van der Waals surface area contributed by atoms with Crippen LogP contribution in [0.2, 0.25) is 0 Å². The number of ether oxygens (including phenoxy) is 2. The van der Waals surface area contributed by atoms with Crippen LogP contribution in [0, 0.1) is 0 Å². The van der Waals surface area contributed by atoms with Crippen LogP contribution in [0.1, 0.15) is 88.5 Å². The molecule has 5 heterocycles. The SMILES string of the molecule is COc1cc2c(cc1OCCCC(=O)Nc1cc(C(=O)Nc3ccc4sc(C(=O)NCC(C)(C)SSCCCC(=O)ON5C(=O)CCC5=O)cc4c3)n(C)c1)N=C[C@@H]1Cc3ccccc3N1C2=O. The van der Waals surface area contributed by atoms with Gasteiger partial charge in [0.1, 0.15) is 5.69 Å². The monoisotopic (exact) mass is 979 g/mol. The lowest BCUT2D eigenvalue weighted by Gasteiger charge is -2.23. The number of fused-ring (bicyclic) bond motifs is 5. The van der Waals surface area contributed by atoms with E-state index in [1.165, 1.54) is 18.4 Å². The van der Waals surface area contributed by atoms with Crippen molar-refractivity contribution in [2.45, 2.75) is 69.6 Å². The first-order valence-corrected chi connectivity index (χ1v) is 25.1. The predicted octanol–water partition coefficient (Wildman–Crippen LogP) is 7.86. The van der Waals surface area contributed by atoms with Gasteiger partial charge in [0.2, 0.25) is 5.91 Å². The van der Waals surface area contributed by atoms with Gasteiger partial charge < -0.3 is 34.8 Å². The van der Waals surface area contributed by atoms with E-state index in [1.807, 2.05) is 44.2 Å². The molecule has 1 fully saturated rings. The zero-order valence-corrected chi connectivity index (χ0v) is 40.2. The molecule has 0 radical (unpaired) electrons. The van der Waals surface area contributed by atoms with E-state index in [4.69, 9.17) is 14.3 Å². The minimum Gasteiger partial charge on any atom is -0.493 e. The number of nitrogens with zero attached hydrogens (tertiary/aromatic N) is 4. The van der Waals surface area contributed by atoms with Crippen molar-refractivity contribution in [3.63, 3.8) is 0 Å². The molecule has 3 N–H and O–H groups in total. The summed E-state index contributed by atoms with van der Waals surface area (Å²) in [5.41, 5.74) is 4.19. The summed E-state index contributed by atoms with van der Waals surface area (Å²) < 4.78 is 13.8. The predicted molar refractivity (Wildman–Crippen MR) is 263 cm³/mol. The molecule has 68 heavy (non-hydrogen) atoms. The van der Waals surface area contributed by atoms with Gasteiger partial charge in [-0.1, -0.05) is 39.8 Å². The van der Waals surface area contributed by atoms with Crippen molar-refractivity contribution >= 4 is 113 Å². The Labute approximate surface area is 403 Å². The topological polar surface area (TPSA) is 207 Å². The largest absolute Gasteiger partial charge is 0.493 e. The summed E-state index contributed by atoms with van der Waals surface area (Å²) >= 11 is 1.34. The molecular formula is C48H49N7O10S3. The molecule has 3 aliphatic heterocycles. The second kappa shape index (κ2) is 20.7. The van der Waals surface area contributed by atoms with Gasteiger partial charge in [0.15, 0.2) is 11.5 Å². The molecule has 17 nitrogen and oxygen atoms in total. The van der Waals surface area contributed by atoms with Crippen molar-refractivity contribution in [3.05, 3.63) is 94.6 Å². The highest BCUT2D eigenvalue weighted by Crippen LogP contribution is 2.41. The average molecular weight is 980 g/mol. The minimum atomic E-state index is -0.626. The summed E-state index contributed by atoms with van der Waals surface area (Å²) in [5.74, 6) is -1.23. The molecule has 1 saturated heterocycles. The second-order valence-electron chi connectivity index (χ2n) is 16.9. The molecule has 8 rings (SSSR count). The summed E-state index contributed by atoms with van der Waals surface area (Å²) in [6.07, 6.45) is 5.33. The van der Waals surface area contributed by atoms with Gasteiger partial charge in [0.05, 0.1) is 41.6 Å². The molecule has 0 bridgehead atoms. The van der Waals surface area contributed by atoms with Crippen molar-refractivity contribution in [1.82, 2.24) is 14.9 Å². The second-order valence-corrected chi connectivity index (χ2v) is 21.1. The van der Waals surface area contributed by atoms with E-state index in [9.17, 15) is 33.6 Å². The maximum Gasteiger partial charge on any atom is 0.333 e. The van der Waals surface area contributed by atoms with Crippen LogP contribution in [0.4, 0.5) is 22.7 Å². The Morgan fingerprint density at radius 2 is 1.69 bits per heavy atom. The number of anilines is 3. The summed E-state index contributed by atoms with van der Waals surface area (Å²) in [6.45, 7) is 4.59. The Hall–Kier alpha value is -6.64. The van der Waals surface area contributed by atoms with Crippen LogP contribution in [0.25, 0.3) is 10.1 Å². The van der Waals surface area contributed by atoms with Gasteiger partial charge in [0.25, 0.3) is 29.5 Å². The van der Waals surface area contributed by atoms with E-state index in [2.05, 4.69) is 20.9 Å². The molecule has 6 amide bonds. The van der Waals surface area contributed by atoms with Gasteiger partial charge >= 0.3 is 5.97 Å². The fourth-order valence-electron chi connectivity index (χ4n) is 7.81. The van der Waals surface area contributed by atoms with E-state index in [-0.39, 0.29) is 66.7 Å². The Bertz CT molecular complexity index is 2840. The number of para-hydroxylation sites is 1. The standard InChI is InChI=1S/C48H49N7O10S3/c1-48(2,68-66-18-8-12-44(59)65-55-42(57)15-16-43(55)58)27-50-46(61)40-21-29-19-30(13-14-39(29)67-40)52-45(60)36-22-31(26-53(36)3)51-41(56)11-7-17-64-38-24-34-33(23-37(38)63-4)47(62)54-32(25-49-34)20-28-9-5-6-10-35(28)54/h5-6,9-10,13-14,19,21-26,32H,7-8,11-12,15-18,20,27H2,1-4H3,(H,50,61)(H,51,56)(H,52,60)/t32-/m0/s1. The summed E-state index contributed by atoms with van der Waals surface area (Å²) in [4.78, 5) is 100. The number of aliphatic imine (C=N–C) groups is 1. The molecule has 0 saturated carbocycles. The number of thiophene rings is 1. The zero-order valence-electron chi connectivity index (χ0n) is 37.8. The Kier molecular flexibility index (Phi) is 14.6. The van der Waals surface area contributed by atoms with Crippen molar-refractivity contribution in [3.8, 4) is 11.5 Å². The van der Waals surface area contributed by atoms with Crippen LogP contribution in [0.3, 0.4) is 0 Å². The minimum absolute atomic E-state index is 0.0495. The fraction of sp³-hybridized carbons (Fsp3) is 0.333. The molecule has 3 aromatic carbocycles. The number of rotatable bonds is 19.